The fourth-order valence-electron chi connectivity index (χ4n) is 2.49. The van der Waals surface area contributed by atoms with Gasteiger partial charge in [0.2, 0.25) is 0 Å². The van der Waals surface area contributed by atoms with Crippen LogP contribution < -0.4 is 0 Å². The van der Waals surface area contributed by atoms with Crippen molar-refractivity contribution in [1.82, 2.24) is 20.2 Å². The van der Waals surface area contributed by atoms with Crippen molar-refractivity contribution in [1.29, 1.82) is 0 Å². The lowest BCUT2D eigenvalue weighted by Gasteiger charge is -2.17. The Bertz CT molecular complexity index is 927. The van der Waals surface area contributed by atoms with Crippen LogP contribution in [0.4, 0.5) is 0 Å². The van der Waals surface area contributed by atoms with Gasteiger partial charge in [-0.3, -0.25) is 0 Å². The summed E-state index contributed by atoms with van der Waals surface area (Å²) in [7, 11) is 0. The lowest BCUT2D eigenvalue weighted by molar-refractivity contribution is 0.0697. The van der Waals surface area contributed by atoms with Gasteiger partial charge < -0.3 is 5.11 Å². The second kappa shape index (κ2) is 6.29. The number of carboxylic acids is 1. The Balaban J connectivity index is 2.20. The molecule has 7 heteroatoms. The van der Waals surface area contributed by atoms with Gasteiger partial charge in [-0.25, -0.2) is 4.79 Å². The SMILES string of the molecule is CC(C)(C)c1nnnn1-c1cc(C(=O)O)cc(-c2ccc(Cl)cc2)c1. The van der Waals surface area contributed by atoms with Crippen molar-refractivity contribution in [3.63, 3.8) is 0 Å². The molecule has 6 nitrogen and oxygen atoms in total. The molecule has 3 aromatic rings. The third-order valence-corrected chi connectivity index (χ3v) is 3.98. The maximum absolute atomic E-state index is 11.6. The van der Waals surface area contributed by atoms with E-state index in [2.05, 4.69) is 15.5 Å². The quantitative estimate of drug-likeness (QED) is 0.767. The normalized spacial score (nSPS) is 11.5. The Labute approximate surface area is 150 Å². The molecular weight excluding hydrogens is 340 g/mol. The molecule has 0 unspecified atom stereocenters. The average molecular weight is 357 g/mol. The number of aromatic carboxylic acids is 1. The number of nitrogens with zero attached hydrogens (tertiary/aromatic N) is 4. The Kier molecular flexibility index (Phi) is 4.30. The minimum Gasteiger partial charge on any atom is -0.478 e. The summed E-state index contributed by atoms with van der Waals surface area (Å²) in [4.78, 5) is 11.6. The zero-order chi connectivity index (χ0) is 18.2. The highest BCUT2D eigenvalue weighted by atomic mass is 35.5. The molecule has 25 heavy (non-hydrogen) atoms. The third-order valence-electron chi connectivity index (χ3n) is 3.73. The van der Waals surface area contributed by atoms with Crippen molar-refractivity contribution >= 4 is 17.6 Å². The van der Waals surface area contributed by atoms with Crippen LogP contribution in [0.2, 0.25) is 5.02 Å². The van der Waals surface area contributed by atoms with E-state index in [1.807, 2.05) is 39.0 Å². The number of benzene rings is 2. The molecule has 3 rings (SSSR count). The smallest absolute Gasteiger partial charge is 0.335 e. The first-order chi connectivity index (χ1) is 11.8. The lowest BCUT2D eigenvalue weighted by Crippen LogP contribution is -2.19. The Hall–Kier alpha value is -2.73. The number of tetrazole rings is 1. The molecule has 0 atom stereocenters. The van der Waals surface area contributed by atoms with Gasteiger partial charge in [-0.15, -0.1) is 5.10 Å². The minimum absolute atomic E-state index is 0.165. The topological polar surface area (TPSA) is 80.9 Å². The highest BCUT2D eigenvalue weighted by Gasteiger charge is 2.23. The number of hydrogen-bond donors (Lipinski definition) is 1. The predicted octanol–water partition coefficient (Wildman–Crippen LogP) is 3.98. The van der Waals surface area contributed by atoms with Crippen LogP contribution in [0, 0.1) is 0 Å². The molecule has 0 aliphatic carbocycles. The zero-order valence-electron chi connectivity index (χ0n) is 14.1. The molecule has 0 radical (unpaired) electrons. The summed E-state index contributed by atoms with van der Waals surface area (Å²) in [6.45, 7) is 5.99. The maximum Gasteiger partial charge on any atom is 0.335 e. The van der Waals surface area contributed by atoms with Gasteiger partial charge in [0.15, 0.2) is 5.82 Å². The summed E-state index contributed by atoms with van der Waals surface area (Å²) in [6.07, 6.45) is 0. The number of carboxylic acid groups (broad SMARTS) is 1. The Morgan fingerprint density at radius 3 is 2.36 bits per heavy atom. The molecule has 0 saturated carbocycles. The summed E-state index contributed by atoms with van der Waals surface area (Å²) >= 11 is 5.94. The van der Waals surface area contributed by atoms with Crippen LogP contribution in [-0.4, -0.2) is 31.3 Å². The molecule has 0 fully saturated rings. The highest BCUT2D eigenvalue weighted by molar-refractivity contribution is 6.30. The van der Waals surface area contributed by atoms with E-state index in [0.29, 0.717) is 16.5 Å². The summed E-state index contributed by atoms with van der Waals surface area (Å²) < 4.78 is 1.58. The van der Waals surface area contributed by atoms with Crippen molar-refractivity contribution in [2.24, 2.45) is 0 Å². The van der Waals surface area contributed by atoms with Crippen molar-refractivity contribution in [3.05, 3.63) is 58.9 Å². The summed E-state index contributed by atoms with van der Waals surface area (Å²) in [5.41, 5.74) is 2.09. The maximum atomic E-state index is 11.6. The molecular formula is C18H17ClN4O2. The van der Waals surface area contributed by atoms with E-state index in [1.165, 1.54) is 0 Å². The highest BCUT2D eigenvalue weighted by Crippen LogP contribution is 2.28. The van der Waals surface area contributed by atoms with Gasteiger partial charge >= 0.3 is 5.97 Å². The Morgan fingerprint density at radius 2 is 1.76 bits per heavy atom. The van der Waals surface area contributed by atoms with Gasteiger partial charge in [0.25, 0.3) is 0 Å². The van der Waals surface area contributed by atoms with E-state index in [4.69, 9.17) is 11.6 Å². The largest absolute Gasteiger partial charge is 0.478 e. The van der Waals surface area contributed by atoms with Crippen LogP contribution in [0.15, 0.2) is 42.5 Å². The van der Waals surface area contributed by atoms with Crippen LogP contribution in [0.3, 0.4) is 0 Å². The summed E-state index contributed by atoms with van der Waals surface area (Å²) in [6, 6.07) is 12.3. The van der Waals surface area contributed by atoms with Gasteiger partial charge in [0.1, 0.15) is 0 Å². The van der Waals surface area contributed by atoms with Crippen molar-refractivity contribution in [3.8, 4) is 16.8 Å². The number of rotatable bonds is 3. The molecule has 1 aromatic heterocycles. The molecule has 1 heterocycles. The predicted molar refractivity (Wildman–Crippen MR) is 95.3 cm³/mol. The minimum atomic E-state index is -1.01. The monoisotopic (exact) mass is 356 g/mol. The van der Waals surface area contributed by atoms with E-state index in [0.717, 1.165) is 11.1 Å². The molecule has 0 bridgehead atoms. The molecule has 0 amide bonds. The van der Waals surface area contributed by atoms with E-state index in [-0.39, 0.29) is 11.0 Å². The number of aromatic nitrogens is 4. The van der Waals surface area contributed by atoms with Crippen LogP contribution in [-0.2, 0) is 5.41 Å². The van der Waals surface area contributed by atoms with E-state index < -0.39 is 5.97 Å². The molecule has 0 aliphatic rings. The first-order valence-electron chi connectivity index (χ1n) is 7.69. The van der Waals surface area contributed by atoms with E-state index in [9.17, 15) is 9.90 Å². The van der Waals surface area contributed by atoms with Crippen molar-refractivity contribution < 1.29 is 9.90 Å². The fraction of sp³-hybridized carbons (Fsp3) is 0.222. The van der Waals surface area contributed by atoms with Gasteiger partial charge in [-0.2, -0.15) is 4.68 Å². The molecule has 0 saturated heterocycles. The van der Waals surface area contributed by atoms with Crippen LogP contribution in [0.1, 0.15) is 37.0 Å². The van der Waals surface area contributed by atoms with Crippen molar-refractivity contribution in [2.45, 2.75) is 26.2 Å². The molecule has 128 valence electrons. The second-order valence-electron chi connectivity index (χ2n) is 6.74. The third kappa shape index (κ3) is 3.53. The fourth-order valence-corrected chi connectivity index (χ4v) is 2.62. The van der Waals surface area contributed by atoms with Crippen LogP contribution in [0.25, 0.3) is 16.8 Å². The van der Waals surface area contributed by atoms with Gasteiger partial charge in [-0.1, -0.05) is 44.5 Å². The van der Waals surface area contributed by atoms with Crippen LogP contribution >= 0.6 is 11.6 Å². The zero-order valence-corrected chi connectivity index (χ0v) is 14.8. The molecule has 0 spiro atoms. The number of carbonyl (C=O) groups is 1. The number of hydrogen-bond acceptors (Lipinski definition) is 4. The Morgan fingerprint density at radius 1 is 1.08 bits per heavy atom. The molecule has 0 aliphatic heterocycles. The van der Waals surface area contributed by atoms with Gasteiger partial charge in [0.05, 0.1) is 11.3 Å². The van der Waals surface area contributed by atoms with Crippen LogP contribution in [0.5, 0.6) is 0 Å². The van der Waals surface area contributed by atoms with Gasteiger partial charge in [-0.05, 0) is 51.9 Å². The summed E-state index contributed by atoms with van der Waals surface area (Å²) in [5, 5.41) is 22.0. The summed E-state index contributed by atoms with van der Waals surface area (Å²) in [5.74, 6) is -0.362. The lowest BCUT2D eigenvalue weighted by atomic mass is 9.95. The average Bonchev–Trinajstić information content (AvgIpc) is 3.05. The first kappa shape index (κ1) is 17.1. The van der Waals surface area contributed by atoms with Gasteiger partial charge in [0, 0.05) is 10.4 Å². The molecule has 1 N–H and O–H groups in total. The van der Waals surface area contributed by atoms with E-state index in [1.54, 1.807) is 28.9 Å². The second-order valence-corrected chi connectivity index (χ2v) is 7.18. The van der Waals surface area contributed by atoms with E-state index >= 15 is 0 Å². The molecule has 2 aromatic carbocycles. The first-order valence-corrected chi connectivity index (χ1v) is 8.07. The number of halogens is 1. The standard InChI is InChI=1S/C18H17ClN4O2/c1-18(2,3)17-20-21-22-23(17)15-9-12(8-13(10-15)16(24)25)11-4-6-14(19)7-5-11/h4-10H,1-3H3,(H,24,25). The van der Waals surface area contributed by atoms with Crippen molar-refractivity contribution in [2.75, 3.05) is 0 Å².